The van der Waals surface area contributed by atoms with Crippen LogP contribution < -0.4 is 5.32 Å². The molecule has 20 heavy (non-hydrogen) atoms. The van der Waals surface area contributed by atoms with Crippen LogP contribution in [0.15, 0.2) is 24.5 Å². The molecule has 0 spiro atoms. The molecule has 1 heterocycles. The number of nitrogens with one attached hydrogen (secondary N) is 1. The van der Waals surface area contributed by atoms with Crippen molar-refractivity contribution in [2.24, 2.45) is 5.92 Å². The van der Waals surface area contributed by atoms with E-state index < -0.39 is 5.82 Å². The number of halogens is 2. The number of rotatable bonds is 6. The topological polar surface area (TPSA) is 42.7 Å². The van der Waals surface area contributed by atoms with Gasteiger partial charge >= 0.3 is 0 Å². The molecule has 6 heteroatoms. The molecule has 1 aromatic heterocycles. The Kier molecular flexibility index (Phi) is 5.09. The van der Waals surface area contributed by atoms with Gasteiger partial charge in [0.2, 0.25) is 0 Å². The van der Waals surface area contributed by atoms with E-state index in [4.69, 9.17) is 11.6 Å². The summed E-state index contributed by atoms with van der Waals surface area (Å²) in [5, 5.41) is 7.62. The first-order chi connectivity index (χ1) is 9.58. The molecule has 0 saturated carbocycles. The Morgan fingerprint density at radius 2 is 2.20 bits per heavy atom. The highest BCUT2D eigenvalue weighted by Gasteiger charge is 2.10. The second-order valence-corrected chi connectivity index (χ2v) is 5.45. The molecule has 0 atom stereocenters. The standard InChI is InChI=1S/C14H18ClFN4/c1-10(2)6-17-7-13-18-9-19-20(13)8-11-4-3-5-12(16)14(11)15/h3-5,9-10,17H,6-8H2,1-2H3. The maximum atomic E-state index is 13.4. The fourth-order valence-corrected chi connectivity index (χ4v) is 2.05. The predicted octanol–water partition coefficient (Wildman–Crippen LogP) is 2.86. The minimum atomic E-state index is -0.413. The van der Waals surface area contributed by atoms with Gasteiger partial charge in [0.05, 0.1) is 18.1 Å². The molecule has 0 fully saturated rings. The number of hydrogen-bond donors (Lipinski definition) is 1. The molecule has 1 N–H and O–H groups in total. The summed E-state index contributed by atoms with van der Waals surface area (Å²) < 4.78 is 15.1. The lowest BCUT2D eigenvalue weighted by molar-refractivity contribution is 0.523. The summed E-state index contributed by atoms with van der Waals surface area (Å²) in [6.45, 7) is 6.24. The Morgan fingerprint density at radius 3 is 2.95 bits per heavy atom. The maximum Gasteiger partial charge on any atom is 0.142 e. The van der Waals surface area contributed by atoms with Crippen molar-refractivity contribution in [2.75, 3.05) is 6.54 Å². The number of nitrogens with zero attached hydrogens (tertiary/aromatic N) is 3. The lowest BCUT2D eigenvalue weighted by Crippen LogP contribution is -2.22. The Bertz CT molecular complexity index is 568. The average Bonchev–Trinajstić information content (AvgIpc) is 2.82. The van der Waals surface area contributed by atoms with Gasteiger partial charge in [-0.15, -0.1) is 0 Å². The lowest BCUT2D eigenvalue weighted by atomic mass is 10.2. The molecule has 4 nitrogen and oxygen atoms in total. The Labute approximate surface area is 123 Å². The second-order valence-electron chi connectivity index (χ2n) is 5.07. The third kappa shape index (κ3) is 3.77. The van der Waals surface area contributed by atoms with Gasteiger partial charge in [0, 0.05) is 0 Å². The molecule has 0 bridgehead atoms. The van der Waals surface area contributed by atoms with Crippen LogP contribution in [0, 0.1) is 11.7 Å². The molecule has 2 rings (SSSR count). The molecule has 1 aromatic carbocycles. The van der Waals surface area contributed by atoms with Crippen LogP contribution in [-0.4, -0.2) is 21.3 Å². The van der Waals surface area contributed by atoms with E-state index >= 15 is 0 Å². The molecule has 2 aromatic rings. The highest BCUT2D eigenvalue weighted by molar-refractivity contribution is 6.31. The van der Waals surface area contributed by atoms with E-state index in [1.165, 1.54) is 12.4 Å². The van der Waals surface area contributed by atoms with Crippen LogP contribution in [0.2, 0.25) is 5.02 Å². The van der Waals surface area contributed by atoms with E-state index in [0.29, 0.717) is 24.6 Å². The molecule has 0 radical (unpaired) electrons. The first-order valence-electron chi connectivity index (χ1n) is 6.58. The fourth-order valence-electron chi connectivity index (χ4n) is 1.86. The molecular weight excluding hydrogens is 279 g/mol. The molecule has 0 aliphatic carbocycles. The van der Waals surface area contributed by atoms with Crippen LogP contribution in [0.5, 0.6) is 0 Å². The minimum absolute atomic E-state index is 0.143. The van der Waals surface area contributed by atoms with Crippen molar-refractivity contribution in [2.45, 2.75) is 26.9 Å². The molecule has 0 aliphatic heterocycles. The monoisotopic (exact) mass is 296 g/mol. The van der Waals surface area contributed by atoms with Crippen LogP contribution in [0.1, 0.15) is 25.2 Å². The van der Waals surface area contributed by atoms with Gasteiger partial charge in [-0.3, -0.25) is 0 Å². The third-order valence-corrected chi connectivity index (χ3v) is 3.31. The van der Waals surface area contributed by atoms with Gasteiger partial charge < -0.3 is 5.32 Å². The first kappa shape index (κ1) is 14.9. The van der Waals surface area contributed by atoms with Crippen LogP contribution >= 0.6 is 11.6 Å². The van der Waals surface area contributed by atoms with Crippen molar-refractivity contribution < 1.29 is 4.39 Å². The zero-order valence-electron chi connectivity index (χ0n) is 11.6. The number of aromatic nitrogens is 3. The quantitative estimate of drug-likeness (QED) is 0.891. The van der Waals surface area contributed by atoms with Crippen molar-refractivity contribution in [3.63, 3.8) is 0 Å². The Balaban J connectivity index is 2.06. The summed E-state index contributed by atoms with van der Waals surface area (Å²) in [6.07, 6.45) is 1.50. The van der Waals surface area contributed by atoms with Crippen molar-refractivity contribution in [1.82, 2.24) is 20.1 Å². The van der Waals surface area contributed by atoms with E-state index in [1.807, 2.05) is 0 Å². The molecule has 108 valence electrons. The SMILES string of the molecule is CC(C)CNCc1ncnn1Cc1cccc(F)c1Cl. The van der Waals surface area contributed by atoms with Crippen LogP contribution in [0.25, 0.3) is 0 Å². The van der Waals surface area contributed by atoms with E-state index in [-0.39, 0.29) is 5.02 Å². The van der Waals surface area contributed by atoms with Crippen molar-refractivity contribution in [1.29, 1.82) is 0 Å². The largest absolute Gasteiger partial charge is 0.310 e. The van der Waals surface area contributed by atoms with Crippen LogP contribution in [0.3, 0.4) is 0 Å². The van der Waals surface area contributed by atoms with Crippen molar-refractivity contribution in [3.8, 4) is 0 Å². The highest BCUT2D eigenvalue weighted by atomic mass is 35.5. The van der Waals surface area contributed by atoms with E-state index in [1.54, 1.807) is 16.8 Å². The van der Waals surface area contributed by atoms with Gasteiger partial charge in [0.1, 0.15) is 18.0 Å². The first-order valence-corrected chi connectivity index (χ1v) is 6.96. The Hall–Kier alpha value is -1.46. The van der Waals surface area contributed by atoms with Crippen molar-refractivity contribution in [3.05, 3.63) is 46.8 Å². The van der Waals surface area contributed by atoms with Gasteiger partial charge in [0.15, 0.2) is 0 Å². The highest BCUT2D eigenvalue weighted by Crippen LogP contribution is 2.20. The average molecular weight is 297 g/mol. The zero-order valence-corrected chi connectivity index (χ0v) is 12.4. The zero-order chi connectivity index (χ0) is 14.5. The summed E-state index contributed by atoms with van der Waals surface area (Å²) in [5.41, 5.74) is 0.697. The smallest absolute Gasteiger partial charge is 0.142 e. The number of hydrogen-bond acceptors (Lipinski definition) is 3. The van der Waals surface area contributed by atoms with Crippen molar-refractivity contribution >= 4 is 11.6 Å². The van der Waals surface area contributed by atoms with Gasteiger partial charge in [0.25, 0.3) is 0 Å². The molecular formula is C14H18ClFN4. The summed E-state index contributed by atoms with van der Waals surface area (Å²) in [5.74, 6) is 0.971. The summed E-state index contributed by atoms with van der Waals surface area (Å²) in [6, 6.07) is 4.78. The predicted molar refractivity (Wildman–Crippen MR) is 77.1 cm³/mol. The summed E-state index contributed by atoms with van der Waals surface area (Å²) in [4.78, 5) is 4.21. The molecule has 0 unspecified atom stereocenters. The second kappa shape index (κ2) is 6.81. The van der Waals surface area contributed by atoms with Gasteiger partial charge in [-0.1, -0.05) is 37.6 Å². The maximum absolute atomic E-state index is 13.4. The molecule has 0 saturated heterocycles. The van der Waals surface area contributed by atoms with Crippen LogP contribution in [0.4, 0.5) is 4.39 Å². The molecule has 0 aliphatic rings. The Morgan fingerprint density at radius 1 is 1.40 bits per heavy atom. The normalized spacial score (nSPS) is 11.2. The van der Waals surface area contributed by atoms with E-state index in [9.17, 15) is 4.39 Å². The summed E-state index contributed by atoms with van der Waals surface area (Å²) >= 11 is 5.96. The van der Waals surface area contributed by atoms with E-state index in [2.05, 4.69) is 29.2 Å². The fraction of sp³-hybridized carbons (Fsp3) is 0.429. The molecule has 0 amide bonds. The lowest BCUT2D eigenvalue weighted by Gasteiger charge is -2.10. The third-order valence-electron chi connectivity index (χ3n) is 2.88. The van der Waals surface area contributed by atoms with Gasteiger partial charge in [-0.05, 0) is 24.1 Å². The van der Waals surface area contributed by atoms with E-state index in [0.717, 1.165) is 12.4 Å². The minimum Gasteiger partial charge on any atom is -0.310 e. The van der Waals surface area contributed by atoms with Crippen LogP contribution in [-0.2, 0) is 13.1 Å². The number of benzene rings is 1. The summed E-state index contributed by atoms with van der Waals surface area (Å²) in [7, 11) is 0. The van der Waals surface area contributed by atoms with Gasteiger partial charge in [-0.25, -0.2) is 14.1 Å². The van der Waals surface area contributed by atoms with Gasteiger partial charge in [-0.2, -0.15) is 5.10 Å².